The fraction of sp³-hybridized carbons (Fsp3) is 0.389. The standard InChI is InChI=1S/C18H19N3O2S/c22-17-9-14(18(23)20-10-16-19-6-7-24-16)11-21(17)15-5-4-12-2-1-3-13(12)8-15/h4-8,14H,1-3,9-11H2,(H,20,23)/t14-/m0/s1. The molecule has 2 aromatic rings. The molecule has 1 N–H and O–H groups in total. The SMILES string of the molecule is O=C(NCc1nccs1)[C@H]1CC(=O)N(c2ccc3c(c2)CCC3)C1. The van der Waals surface area contributed by atoms with E-state index in [0.717, 1.165) is 23.5 Å². The number of aryl methyl sites for hydroxylation is 2. The number of fused-ring (bicyclic) bond motifs is 1. The summed E-state index contributed by atoms with van der Waals surface area (Å²) in [5.74, 6) is -0.324. The minimum absolute atomic E-state index is 0.0299. The molecule has 1 aromatic heterocycles. The molecule has 1 atom stereocenters. The van der Waals surface area contributed by atoms with Crippen molar-refractivity contribution in [2.45, 2.75) is 32.2 Å². The lowest BCUT2D eigenvalue weighted by atomic mass is 10.1. The van der Waals surface area contributed by atoms with Gasteiger partial charge in [0.05, 0.1) is 12.5 Å². The summed E-state index contributed by atoms with van der Waals surface area (Å²) < 4.78 is 0. The summed E-state index contributed by atoms with van der Waals surface area (Å²) in [4.78, 5) is 30.6. The Morgan fingerprint density at radius 2 is 2.21 bits per heavy atom. The van der Waals surface area contributed by atoms with Crippen LogP contribution in [0.15, 0.2) is 29.8 Å². The zero-order valence-electron chi connectivity index (χ0n) is 13.3. The van der Waals surface area contributed by atoms with Crippen molar-refractivity contribution in [2.24, 2.45) is 5.92 Å². The number of nitrogens with zero attached hydrogens (tertiary/aromatic N) is 2. The maximum absolute atomic E-state index is 12.4. The molecule has 6 heteroatoms. The number of thiazole rings is 1. The van der Waals surface area contributed by atoms with E-state index < -0.39 is 0 Å². The molecule has 1 aliphatic heterocycles. The van der Waals surface area contributed by atoms with Crippen molar-refractivity contribution in [3.8, 4) is 0 Å². The van der Waals surface area contributed by atoms with E-state index in [1.807, 2.05) is 11.4 Å². The third kappa shape index (κ3) is 2.94. The van der Waals surface area contributed by atoms with E-state index >= 15 is 0 Å². The number of benzene rings is 1. The molecule has 124 valence electrons. The van der Waals surface area contributed by atoms with E-state index in [1.54, 1.807) is 11.1 Å². The quantitative estimate of drug-likeness (QED) is 0.928. The van der Waals surface area contributed by atoms with Crippen LogP contribution in [0.3, 0.4) is 0 Å². The average Bonchev–Trinajstić information content (AvgIpc) is 3.32. The van der Waals surface area contributed by atoms with Gasteiger partial charge in [0.1, 0.15) is 5.01 Å². The molecule has 1 fully saturated rings. The van der Waals surface area contributed by atoms with Gasteiger partial charge in [0, 0.05) is 30.2 Å². The lowest BCUT2D eigenvalue weighted by Crippen LogP contribution is -2.32. The molecule has 2 aliphatic rings. The van der Waals surface area contributed by atoms with Crippen molar-refractivity contribution < 1.29 is 9.59 Å². The van der Waals surface area contributed by atoms with Crippen LogP contribution >= 0.6 is 11.3 Å². The molecule has 2 heterocycles. The number of aromatic nitrogens is 1. The topological polar surface area (TPSA) is 62.3 Å². The van der Waals surface area contributed by atoms with E-state index in [-0.39, 0.29) is 24.2 Å². The molecule has 1 saturated heterocycles. The predicted octanol–water partition coefficient (Wildman–Crippen LogP) is 2.30. The Morgan fingerprint density at radius 3 is 3.04 bits per heavy atom. The van der Waals surface area contributed by atoms with Gasteiger partial charge in [0.15, 0.2) is 0 Å². The Morgan fingerprint density at radius 1 is 1.33 bits per heavy atom. The minimum Gasteiger partial charge on any atom is -0.349 e. The summed E-state index contributed by atoms with van der Waals surface area (Å²) in [5.41, 5.74) is 3.66. The van der Waals surface area contributed by atoms with Crippen LogP contribution in [0.4, 0.5) is 5.69 Å². The molecule has 5 nitrogen and oxygen atoms in total. The van der Waals surface area contributed by atoms with Gasteiger partial charge in [-0.25, -0.2) is 4.98 Å². The van der Waals surface area contributed by atoms with Gasteiger partial charge in [-0.05, 0) is 42.5 Å². The number of rotatable bonds is 4. The molecule has 2 amide bonds. The molecule has 0 spiro atoms. The van der Waals surface area contributed by atoms with Gasteiger partial charge in [0.2, 0.25) is 11.8 Å². The van der Waals surface area contributed by atoms with E-state index in [9.17, 15) is 9.59 Å². The summed E-state index contributed by atoms with van der Waals surface area (Å²) >= 11 is 1.51. The Hall–Kier alpha value is -2.21. The van der Waals surface area contributed by atoms with Crippen LogP contribution in [-0.4, -0.2) is 23.3 Å². The highest BCUT2D eigenvalue weighted by Gasteiger charge is 2.35. The second kappa shape index (κ2) is 6.36. The molecule has 1 aliphatic carbocycles. The first kappa shape index (κ1) is 15.3. The minimum atomic E-state index is -0.286. The molecule has 1 aromatic carbocycles. The highest BCUT2D eigenvalue weighted by Crippen LogP contribution is 2.30. The van der Waals surface area contributed by atoms with E-state index in [2.05, 4.69) is 22.4 Å². The summed E-state index contributed by atoms with van der Waals surface area (Å²) in [7, 11) is 0. The third-order valence-corrected chi connectivity index (χ3v) is 5.57. The zero-order valence-corrected chi connectivity index (χ0v) is 14.1. The van der Waals surface area contributed by atoms with Crippen molar-refractivity contribution in [1.29, 1.82) is 0 Å². The summed E-state index contributed by atoms with van der Waals surface area (Å²) in [6.45, 7) is 0.890. The molecule has 0 bridgehead atoms. The van der Waals surface area contributed by atoms with Crippen molar-refractivity contribution in [2.75, 3.05) is 11.4 Å². The first-order chi connectivity index (χ1) is 11.7. The van der Waals surface area contributed by atoms with Crippen LogP contribution in [0, 0.1) is 5.92 Å². The number of hydrogen-bond acceptors (Lipinski definition) is 4. The van der Waals surface area contributed by atoms with Crippen molar-refractivity contribution >= 4 is 28.8 Å². The van der Waals surface area contributed by atoms with Gasteiger partial charge in [-0.3, -0.25) is 9.59 Å². The monoisotopic (exact) mass is 341 g/mol. The van der Waals surface area contributed by atoms with Crippen molar-refractivity contribution in [1.82, 2.24) is 10.3 Å². The number of hydrogen-bond donors (Lipinski definition) is 1. The van der Waals surface area contributed by atoms with Crippen molar-refractivity contribution in [3.05, 3.63) is 45.9 Å². The van der Waals surface area contributed by atoms with Crippen LogP contribution in [-0.2, 0) is 29.0 Å². The van der Waals surface area contributed by atoms with Crippen LogP contribution in [0.5, 0.6) is 0 Å². The Kier molecular flexibility index (Phi) is 4.06. The summed E-state index contributed by atoms with van der Waals surface area (Å²) in [5, 5.41) is 5.65. The van der Waals surface area contributed by atoms with Gasteiger partial charge in [0.25, 0.3) is 0 Å². The average molecular weight is 341 g/mol. The molecular formula is C18H19N3O2S. The normalized spacial score (nSPS) is 19.6. The van der Waals surface area contributed by atoms with E-state index in [4.69, 9.17) is 0 Å². The van der Waals surface area contributed by atoms with Crippen LogP contribution in [0.25, 0.3) is 0 Å². The number of carbonyl (C=O) groups is 2. The van der Waals surface area contributed by atoms with E-state index in [0.29, 0.717) is 13.1 Å². The first-order valence-electron chi connectivity index (χ1n) is 8.29. The first-order valence-corrected chi connectivity index (χ1v) is 9.17. The second-order valence-corrected chi connectivity index (χ2v) is 7.33. The molecule has 24 heavy (non-hydrogen) atoms. The summed E-state index contributed by atoms with van der Waals surface area (Å²) in [6.07, 6.45) is 5.41. The number of nitrogens with one attached hydrogen (secondary N) is 1. The van der Waals surface area contributed by atoms with Crippen LogP contribution in [0.1, 0.15) is 29.0 Å². The Bertz CT molecular complexity index is 773. The van der Waals surface area contributed by atoms with Gasteiger partial charge in [-0.2, -0.15) is 0 Å². The predicted molar refractivity (Wildman–Crippen MR) is 92.9 cm³/mol. The Labute approximate surface area is 144 Å². The fourth-order valence-corrected chi connectivity index (χ4v) is 4.06. The molecule has 0 saturated carbocycles. The second-order valence-electron chi connectivity index (χ2n) is 6.36. The van der Waals surface area contributed by atoms with Gasteiger partial charge in [-0.15, -0.1) is 11.3 Å². The Balaban J connectivity index is 1.42. The zero-order chi connectivity index (χ0) is 16.5. The van der Waals surface area contributed by atoms with Crippen LogP contribution < -0.4 is 10.2 Å². The lowest BCUT2D eigenvalue weighted by Gasteiger charge is -2.18. The number of anilines is 1. The van der Waals surface area contributed by atoms with Gasteiger partial charge >= 0.3 is 0 Å². The summed E-state index contributed by atoms with van der Waals surface area (Å²) in [6, 6.07) is 6.26. The van der Waals surface area contributed by atoms with Gasteiger partial charge in [-0.1, -0.05) is 6.07 Å². The lowest BCUT2D eigenvalue weighted by molar-refractivity contribution is -0.126. The highest BCUT2D eigenvalue weighted by molar-refractivity contribution is 7.09. The smallest absolute Gasteiger partial charge is 0.227 e. The largest absolute Gasteiger partial charge is 0.349 e. The van der Waals surface area contributed by atoms with E-state index in [1.165, 1.54) is 28.9 Å². The third-order valence-electron chi connectivity index (χ3n) is 4.79. The molecule has 0 radical (unpaired) electrons. The molecular weight excluding hydrogens is 322 g/mol. The maximum atomic E-state index is 12.4. The van der Waals surface area contributed by atoms with Crippen LogP contribution in [0.2, 0.25) is 0 Å². The highest BCUT2D eigenvalue weighted by atomic mass is 32.1. The molecule has 4 rings (SSSR count). The van der Waals surface area contributed by atoms with Crippen molar-refractivity contribution in [3.63, 3.8) is 0 Å². The fourth-order valence-electron chi connectivity index (χ4n) is 3.51. The van der Waals surface area contributed by atoms with Gasteiger partial charge < -0.3 is 10.2 Å². The molecule has 0 unspecified atom stereocenters. The number of carbonyl (C=O) groups excluding carboxylic acids is 2. The number of amides is 2. The maximum Gasteiger partial charge on any atom is 0.227 e.